The molecule has 96 valence electrons. The lowest BCUT2D eigenvalue weighted by Gasteiger charge is -2.35. The van der Waals surface area contributed by atoms with E-state index in [0.717, 1.165) is 24.5 Å². The van der Waals surface area contributed by atoms with E-state index in [1.807, 2.05) is 19.2 Å². The second kappa shape index (κ2) is 4.59. The minimum Gasteiger partial charge on any atom is -0.482 e. The van der Waals surface area contributed by atoms with E-state index < -0.39 is 0 Å². The monoisotopic (exact) mass is 247 g/mol. The predicted octanol–water partition coefficient (Wildman–Crippen LogP) is 0.497. The molecule has 3 rings (SSSR count). The predicted molar refractivity (Wildman–Crippen MR) is 68.7 cm³/mol. The number of carbonyl (C=O) groups is 1. The number of hydrogen-bond acceptors (Lipinski definition) is 4. The van der Waals surface area contributed by atoms with Crippen molar-refractivity contribution in [3.8, 4) is 5.75 Å². The van der Waals surface area contributed by atoms with Crippen LogP contribution in [0.4, 0.5) is 5.69 Å². The van der Waals surface area contributed by atoms with E-state index in [9.17, 15) is 4.79 Å². The van der Waals surface area contributed by atoms with Crippen LogP contribution in [0.25, 0.3) is 0 Å². The maximum absolute atomic E-state index is 11.3. The Bertz CT molecular complexity index is 471. The summed E-state index contributed by atoms with van der Waals surface area (Å²) in [5.41, 5.74) is 1.96. The van der Waals surface area contributed by atoms with Crippen LogP contribution in [0, 0.1) is 5.92 Å². The van der Waals surface area contributed by atoms with Crippen molar-refractivity contribution in [1.82, 2.24) is 10.6 Å². The van der Waals surface area contributed by atoms with Gasteiger partial charge in [-0.2, -0.15) is 0 Å². The summed E-state index contributed by atoms with van der Waals surface area (Å²) in [5.74, 6) is 1.26. The number of amides is 1. The molecule has 0 spiro atoms. The van der Waals surface area contributed by atoms with Crippen LogP contribution in [0.2, 0.25) is 0 Å². The van der Waals surface area contributed by atoms with Crippen LogP contribution in [0.3, 0.4) is 0 Å². The molecule has 1 saturated heterocycles. The second-order valence-electron chi connectivity index (χ2n) is 4.78. The second-order valence-corrected chi connectivity index (χ2v) is 4.78. The standard InChI is InChI=1S/C13H17N3O2/c1-14-13(9-5-15-6-9)8-2-3-11-10(4-8)16-12(17)7-18-11/h2-4,9,13-15H,5-7H2,1H3,(H,16,17). The van der Waals surface area contributed by atoms with Crippen LogP contribution in [0.5, 0.6) is 5.75 Å². The Morgan fingerprint density at radius 1 is 1.44 bits per heavy atom. The first-order chi connectivity index (χ1) is 8.78. The first kappa shape index (κ1) is 11.5. The summed E-state index contributed by atoms with van der Waals surface area (Å²) in [5, 5.41) is 9.47. The Morgan fingerprint density at radius 2 is 2.28 bits per heavy atom. The molecule has 5 nitrogen and oxygen atoms in total. The molecule has 1 aromatic carbocycles. The van der Waals surface area contributed by atoms with Gasteiger partial charge in [-0.05, 0) is 24.7 Å². The van der Waals surface area contributed by atoms with Crippen molar-refractivity contribution in [3.05, 3.63) is 23.8 Å². The van der Waals surface area contributed by atoms with Crippen molar-refractivity contribution < 1.29 is 9.53 Å². The van der Waals surface area contributed by atoms with E-state index in [1.165, 1.54) is 5.56 Å². The van der Waals surface area contributed by atoms with E-state index in [1.54, 1.807) is 0 Å². The van der Waals surface area contributed by atoms with E-state index in [4.69, 9.17) is 4.74 Å². The van der Waals surface area contributed by atoms with Gasteiger partial charge in [0.1, 0.15) is 5.75 Å². The van der Waals surface area contributed by atoms with Crippen molar-refractivity contribution in [1.29, 1.82) is 0 Å². The number of ether oxygens (including phenoxy) is 1. The smallest absolute Gasteiger partial charge is 0.262 e. The van der Waals surface area contributed by atoms with E-state index in [2.05, 4.69) is 22.0 Å². The molecule has 1 unspecified atom stereocenters. The Hall–Kier alpha value is -1.59. The van der Waals surface area contributed by atoms with Gasteiger partial charge in [0.25, 0.3) is 5.91 Å². The number of rotatable bonds is 3. The zero-order chi connectivity index (χ0) is 12.5. The highest BCUT2D eigenvalue weighted by molar-refractivity contribution is 5.95. The molecular weight excluding hydrogens is 230 g/mol. The Morgan fingerprint density at radius 3 is 2.94 bits per heavy atom. The molecule has 0 aliphatic carbocycles. The third-order valence-electron chi connectivity index (χ3n) is 3.59. The van der Waals surface area contributed by atoms with Gasteiger partial charge in [0.2, 0.25) is 0 Å². The molecule has 0 aromatic heterocycles. The molecule has 2 aliphatic heterocycles. The Kier molecular flexibility index (Phi) is 2.93. The first-order valence-electron chi connectivity index (χ1n) is 6.22. The molecule has 0 saturated carbocycles. The number of carbonyl (C=O) groups excluding carboxylic acids is 1. The first-order valence-corrected chi connectivity index (χ1v) is 6.22. The molecule has 2 heterocycles. The quantitative estimate of drug-likeness (QED) is 0.728. The average molecular weight is 247 g/mol. The topological polar surface area (TPSA) is 62.4 Å². The third-order valence-corrected chi connectivity index (χ3v) is 3.59. The molecule has 0 radical (unpaired) electrons. The zero-order valence-corrected chi connectivity index (χ0v) is 10.3. The molecule has 0 bridgehead atoms. The SMILES string of the molecule is CNC(c1ccc2c(c1)NC(=O)CO2)C1CNC1. The molecule has 1 atom stereocenters. The van der Waals surface area contributed by atoms with Crippen molar-refractivity contribution in [3.63, 3.8) is 0 Å². The molecular formula is C13H17N3O2. The minimum absolute atomic E-state index is 0.0917. The summed E-state index contributed by atoms with van der Waals surface area (Å²) in [6.07, 6.45) is 0. The van der Waals surface area contributed by atoms with Gasteiger partial charge in [0, 0.05) is 25.0 Å². The van der Waals surface area contributed by atoms with Crippen LogP contribution in [-0.4, -0.2) is 32.7 Å². The number of fused-ring (bicyclic) bond motifs is 1. The van der Waals surface area contributed by atoms with Gasteiger partial charge in [-0.25, -0.2) is 0 Å². The Labute approximate surface area is 106 Å². The van der Waals surface area contributed by atoms with Crippen LogP contribution in [-0.2, 0) is 4.79 Å². The van der Waals surface area contributed by atoms with Crippen LogP contribution >= 0.6 is 0 Å². The van der Waals surface area contributed by atoms with Gasteiger partial charge in [-0.15, -0.1) is 0 Å². The highest BCUT2D eigenvalue weighted by atomic mass is 16.5. The van der Waals surface area contributed by atoms with Gasteiger partial charge in [0.05, 0.1) is 5.69 Å². The summed E-state index contributed by atoms with van der Waals surface area (Å²) in [4.78, 5) is 11.3. The summed E-state index contributed by atoms with van der Waals surface area (Å²) < 4.78 is 5.36. The molecule has 1 amide bonds. The normalized spacial score (nSPS) is 20.4. The highest BCUT2D eigenvalue weighted by Crippen LogP contribution is 2.33. The molecule has 5 heteroatoms. The summed E-state index contributed by atoms with van der Waals surface area (Å²) in [6, 6.07) is 6.32. The molecule has 1 aromatic rings. The third kappa shape index (κ3) is 1.95. The molecule has 2 aliphatic rings. The molecule has 3 N–H and O–H groups in total. The number of hydrogen-bond donors (Lipinski definition) is 3. The van der Waals surface area contributed by atoms with E-state index >= 15 is 0 Å². The summed E-state index contributed by atoms with van der Waals surface area (Å²) in [6.45, 7) is 2.17. The summed E-state index contributed by atoms with van der Waals surface area (Å²) in [7, 11) is 1.97. The van der Waals surface area contributed by atoms with Crippen molar-refractivity contribution >= 4 is 11.6 Å². The fraction of sp³-hybridized carbons (Fsp3) is 0.462. The maximum Gasteiger partial charge on any atom is 0.262 e. The number of nitrogens with one attached hydrogen (secondary N) is 3. The van der Waals surface area contributed by atoms with Gasteiger partial charge < -0.3 is 20.7 Å². The average Bonchev–Trinajstić information content (AvgIpc) is 2.32. The highest BCUT2D eigenvalue weighted by Gasteiger charge is 2.28. The fourth-order valence-electron chi connectivity index (χ4n) is 2.52. The Balaban J connectivity index is 1.88. The lowest BCUT2D eigenvalue weighted by molar-refractivity contribution is -0.118. The number of anilines is 1. The van der Waals surface area contributed by atoms with Gasteiger partial charge in [-0.3, -0.25) is 4.79 Å². The van der Waals surface area contributed by atoms with E-state index in [0.29, 0.717) is 12.0 Å². The molecule has 18 heavy (non-hydrogen) atoms. The fourth-order valence-corrected chi connectivity index (χ4v) is 2.52. The lowest BCUT2D eigenvalue weighted by Crippen LogP contribution is -2.48. The van der Waals surface area contributed by atoms with Gasteiger partial charge in [-0.1, -0.05) is 6.07 Å². The largest absolute Gasteiger partial charge is 0.482 e. The van der Waals surface area contributed by atoms with Crippen LogP contribution in [0.15, 0.2) is 18.2 Å². The van der Waals surface area contributed by atoms with Crippen molar-refractivity contribution in [2.45, 2.75) is 6.04 Å². The van der Waals surface area contributed by atoms with E-state index in [-0.39, 0.29) is 12.5 Å². The van der Waals surface area contributed by atoms with Crippen LogP contribution in [0.1, 0.15) is 11.6 Å². The summed E-state index contributed by atoms with van der Waals surface area (Å²) >= 11 is 0. The zero-order valence-electron chi connectivity index (χ0n) is 10.3. The lowest BCUT2D eigenvalue weighted by atomic mass is 9.88. The van der Waals surface area contributed by atoms with Crippen LogP contribution < -0.4 is 20.7 Å². The maximum atomic E-state index is 11.3. The van der Waals surface area contributed by atoms with Crippen molar-refractivity contribution in [2.75, 3.05) is 32.1 Å². The van der Waals surface area contributed by atoms with Crippen molar-refractivity contribution in [2.24, 2.45) is 5.92 Å². The number of benzene rings is 1. The van der Waals surface area contributed by atoms with Gasteiger partial charge in [0.15, 0.2) is 6.61 Å². The van der Waals surface area contributed by atoms with Gasteiger partial charge >= 0.3 is 0 Å². The molecule has 1 fully saturated rings. The minimum atomic E-state index is -0.0917.